The van der Waals surface area contributed by atoms with Crippen molar-refractivity contribution in [1.82, 2.24) is 9.88 Å². The van der Waals surface area contributed by atoms with Crippen molar-refractivity contribution in [3.8, 4) is 5.75 Å². The lowest BCUT2D eigenvalue weighted by atomic mass is 10.3. The van der Waals surface area contributed by atoms with Crippen LogP contribution in [0, 0.1) is 6.92 Å². The van der Waals surface area contributed by atoms with E-state index in [4.69, 9.17) is 9.84 Å². The van der Waals surface area contributed by atoms with Crippen LogP contribution in [-0.4, -0.2) is 41.6 Å². The first-order valence-electron chi connectivity index (χ1n) is 5.95. The van der Waals surface area contributed by atoms with E-state index in [9.17, 15) is 4.79 Å². The van der Waals surface area contributed by atoms with Gasteiger partial charge in [-0.2, -0.15) is 0 Å². The average molecular weight is 252 g/mol. The van der Waals surface area contributed by atoms with E-state index in [1.54, 1.807) is 25.1 Å². The van der Waals surface area contributed by atoms with E-state index in [0.29, 0.717) is 30.9 Å². The first-order chi connectivity index (χ1) is 8.54. The SMILES string of the molecule is Cc1ccc(OCCCC(=O)N(C)C)c(CO)n1. The molecule has 1 heterocycles. The van der Waals surface area contributed by atoms with Crippen LogP contribution in [0.1, 0.15) is 24.2 Å². The van der Waals surface area contributed by atoms with Gasteiger partial charge in [-0.3, -0.25) is 9.78 Å². The number of aromatic nitrogens is 1. The van der Waals surface area contributed by atoms with Crippen LogP contribution in [0.4, 0.5) is 0 Å². The minimum absolute atomic E-state index is 0.0861. The van der Waals surface area contributed by atoms with Gasteiger partial charge in [0.1, 0.15) is 11.4 Å². The summed E-state index contributed by atoms with van der Waals surface area (Å²) in [7, 11) is 3.47. The number of hydrogen-bond donors (Lipinski definition) is 1. The molecular weight excluding hydrogens is 232 g/mol. The Morgan fingerprint density at radius 3 is 2.78 bits per heavy atom. The Bertz CT molecular complexity index is 405. The van der Waals surface area contributed by atoms with Gasteiger partial charge >= 0.3 is 0 Å². The minimum atomic E-state index is -0.145. The molecule has 0 aromatic carbocycles. The third-order valence-electron chi connectivity index (χ3n) is 2.51. The maximum Gasteiger partial charge on any atom is 0.222 e. The Morgan fingerprint density at radius 2 is 2.17 bits per heavy atom. The fourth-order valence-corrected chi connectivity index (χ4v) is 1.47. The first kappa shape index (κ1) is 14.4. The predicted molar refractivity (Wildman–Crippen MR) is 68.3 cm³/mol. The fourth-order valence-electron chi connectivity index (χ4n) is 1.47. The second-order valence-electron chi connectivity index (χ2n) is 4.30. The smallest absolute Gasteiger partial charge is 0.222 e. The van der Waals surface area contributed by atoms with Crippen LogP contribution in [0.3, 0.4) is 0 Å². The molecule has 0 saturated carbocycles. The van der Waals surface area contributed by atoms with E-state index >= 15 is 0 Å². The molecule has 0 spiro atoms. The molecule has 0 aliphatic carbocycles. The lowest BCUT2D eigenvalue weighted by molar-refractivity contribution is -0.128. The van der Waals surface area contributed by atoms with E-state index in [-0.39, 0.29) is 12.5 Å². The van der Waals surface area contributed by atoms with Crippen molar-refractivity contribution in [2.24, 2.45) is 0 Å². The van der Waals surface area contributed by atoms with Gasteiger partial charge in [-0.05, 0) is 25.5 Å². The summed E-state index contributed by atoms with van der Waals surface area (Å²) in [5.74, 6) is 0.670. The van der Waals surface area contributed by atoms with Gasteiger partial charge in [-0.15, -0.1) is 0 Å². The summed E-state index contributed by atoms with van der Waals surface area (Å²) < 4.78 is 5.52. The van der Waals surface area contributed by atoms with Crippen LogP contribution < -0.4 is 4.74 Å². The van der Waals surface area contributed by atoms with Crippen LogP contribution in [0.25, 0.3) is 0 Å². The number of amides is 1. The van der Waals surface area contributed by atoms with Gasteiger partial charge in [-0.1, -0.05) is 0 Å². The maximum atomic E-state index is 11.3. The van der Waals surface area contributed by atoms with Crippen molar-refractivity contribution in [1.29, 1.82) is 0 Å². The molecule has 0 bridgehead atoms. The van der Waals surface area contributed by atoms with E-state index < -0.39 is 0 Å². The molecule has 18 heavy (non-hydrogen) atoms. The lowest BCUT2D eigenvalue weighted by Crippen LogP contribution is -2.21. The van der Waals surface area contributed by atoms with Crippen molar-refractivity contribution in [3.05, 3.63) is 23.5 Å². The largest absolute Gasteiger partial charge is 0.492 e. The zero-order chi connectivity index (χ0) is 13.5. The van der Waals surface area contributed by atoms with Gasteiger partial charge in [0, 0.05) is 26.2 Å². The molecule has 0 fully saturated rings. The summed E-state index contributed by atoms with van der Waals surface area (Å²) in [5, 5.41) is 9.16. The highest BCUT2D eigenvalue weighted by Gasteiger charge is 2.06. The van der Waals surface area contributed by atoms with Crippen LogP contribution >= 0.6 is 0 Å². The average Bonchev–Trinajstić information content (AvgIpc) is 2.35. The predicted octanol–water partition coefficient (Wildman–Crippen LogP) is 1.13. The number of carbonyl (C=O) groups excluding carboxylic acids is 1. The molecule has 0 atom stereocenters. The quantitative estimate of drug-likeness (QED) is 0.771. The number of hydrogen-bond acceptors (Lipinski definition) is 4. The molecule has 5 heteroatoms. The van der Waals surface area contributed by atoms with Gasteiger partial charge in [0.05, 0.1) is 13.2 Å². The van der Waals surface area contributed by atoms with Gasteiger partial charge in [-0.25, -0.2) is 0 Å². The topological polar surface area (TPSA) is 62.7 Å². The highest BCUT2D eigenvalue weighted by molar-refractivity contribution is 5.75. The van der Waals surface area contributed by atoms with Gasteiger partial charge in [0.15, 0.2) is 0 Å². The number of aliphatic hydroxyl groups excluding tert-OH is 1. The van der Waals surface area contributed by atoms with Gasteiger partial charge < -0.3 is 14.7 Å². The van der Waals surface area contributed by atoms with Crippen molar-refractivity contribution in [2.45, 2.75) is 26.4 Å². The minimum Gasteiger partial charge on any atom is -0.492 e. The Morgan fingerprint density at radius 1 is 1.44 bits per heavy atom. The summed E-state index contributed by atoms with van der Waals surface area (Å²) in [5.41, 5.74) is 1.38. The normalized spacial score (nSPS) is 10.2. The van der Waals surface area contributed by atoms with Crippen molar-refractivity contribution >= 4 is 5.91 Å². The van der Waals surface area contributed by atoms with E-state index in [2.05, 4.69) is 4.98 Å². The van der Waals surface area contributed by atoms with Gasteiger partial charge in [0.25, 0.3) is 0 Å². The molecule has 1 amide bonds. The number of rotatable bonds is 6. The number of ether oxygens (including phenoxy) is 1. The van der Waals surface area contributed by atoms with Crippen LogP contribution in [-0.2, 0) is 11.4 Å². The summed E-state index contributed by atoms with van der Waals surface area (Å²) in [4.78, 5) is 17.1. The molecule has 1 aromatic heterocycles. The molecule has 0 aliphatic rings. The number of pyridine rings is 1. The molecule has 0 saturated heterocycles. The Balaban J connectivity index is 2.42. The van der Waals surface area contributed by atoms with E-state index in [1.165, 1.54) is 0 Å². The molecule has 1 N–H and O–H groups in total. The third-order valence-corrected chi connectivity index (χ3v) is 2.51. The Kier molecular flexibility index (Phi) is 5.58. The summed E-state index contributed by atoms with van der Waals surface area (Å²) >= 11 is 0. The second-order valence-corrected chi connectivity index (χ2v) is 4.30. The summed E-state index contributed by atoms with van der Waals surface area (Å²) in [6.45, 7) is 2.16. The Labute approximate surface area is 107 Å². The monoisotopic (exact) mass is 252 g/mol. The molecule has 0 aliphatic heterocycles. The van der Waals surface area contributed by atoms with E-state index in [1.807, 2.05) is 13.0 Å². The highest BCUT2D eigenvalue weighted by atomic mass is 16.5. The number of aryl methyl sites for hydroxylation is 1. The fraction of sp³-hybridized carbons (Fsp3) is 0.538. The van der Waals surface area contributed by atoms with Crippen LogP contribution in [0.5, 0.6) is 5.75 Å². The zero-order valence-corrected chi connectivity index (χ0v) is 11.1. The second kappa shape index (κ2) is 6.96. The number of aliphatic hydroxyl groups is 1. The number of nitrogens with zero attached hydrogens (tertiary/aromatic N) is 2. The van der Waals surface area contributed by atoms with Crippen molar-refractivity contribution in [2.75, 3.05) is 20.7 Å². The standard InChI is InChI=1S/C13H20N2O3/c1-10-6-7-12(11(9-16)14-10)18-8-4-5-13(17)15(2)3/h6-7,16H,4-5,8-9H2,1-3H3. The van der Waals surface area contributed by atoms with Crippen molar-refractivity contribution < 1.29 is 14.6 Å². The van der Waals surface area contributed by atoms with Crippen LogP contribution in [0.15, 0.2) is 12.1 Å². The molecule has 1 rings (SSSR count). The van der Waals surface area contributed by atoms with Crippen LogP contribution in [0.2, 0.25) is 0 Å². The first-order valence-corrected chi connectivity index (χ1v) is 5.95. The lowest BCUT2D eigenvalue weighted by Gasteiger charge is -2.12. The third kappa shape index (κ3) is 4.33. The zero-order valence-electron chi connectivity index (χ0n) is 11.1. The molecule has 0 unspecified atom stereocenters. The summed E-state index contributed by atoms with van der Waals surface area (Å²) in [6.07, 6.45) is 1.11. The highest BCUT2D eigenvalue weighted by Crippen LogP contribution is 2.17. The van der Waals surface area contributed by atoms with Gasteiger partial charge in [0.2, 0.25) is 5.91 Å². The molecule has 1 aromatic rings. The summed E-state index contributed by atoms with van der Waals surface area (Å²) in [6, 6.07) is 3.63. The molecule has 0 radical (unpaired) electrons. The maximum absolute atomic E-state index is 11.3. The molecule has 5 nitrogen and oxygen atoms in total. The van der Waals surface area contributed by atoms with Crippen molar-refractivity contribution in [3.63, 3.8) is 0 Å². The molecule has 100 valence electrons. The molecular formula is C13H20N2O3. The van der Waals surface area contributed by atoms with E-state index in [0.717, 1.165) is 5.69 Å². The Hall–Kier alpha value is -1.62. The number of carbonyl (C=O) groups is 1.